The SMILES string of the molecule is Cn1nc(Br)c2c(=O)n(CC(=O)Nc3nc(-c4cccc([N+](=O)[O-])c4)cs3)cnc21. The molecule has 0 fully saturated rings. The number of carbonyl (C=O) groups is 1. The molecule has 0 aliphatic rings. The number of aryl methyl sites for hydroxylation is 1. The van der Waals surface area contributed by atoms with Crippen molar-refractivity contribution in [1.82, 2.24) is 24.3 Å². The molecular formula is C17H12BrN7O4S. The highest BCUT2D eigenvalue weighted by Gasteiger charge is 2.16. The summed E-state index contributed by atoms with van der Waals surface area (Å²) < 4.78 is 3.00. The van der Waals surface area contributed by atoms with Crippen LogP contribution in [-0.2, 0) is 18.4 Å². The number of halogens is 1. The number of hydrogen-bond acceptors (Lipinski definition) is 8. The number of nitro groups is 1. The molecule has 152 valence electrons. The molecular weight excluding hydrogens is 478 g/mol. The first-order chi connectivity index (χ1) is 14.3. The van der Waals surface area contributed by atoms with E-state index in [0.29, 0.717) is 26.6 Å². The molecule has 0 bridgehead atoms. The average Bonchev–Trinajstić information content (AvgIpc) is 3.28. The molecule has 13 heteroatoms. The number of anilines is 1. The molecule has 0 spiro atoms. The zero-order valence-electron chi connectivity index (χ0n) is 15.3. The highest BCUT2D eigenvalue weighted by Crippen LogP contribution is 2.27. The van der Waals surface area contributed by atoms with Crippen molar-refractivity contribution in [2.24, 2.45) is 7.05 Å². The predicted octanol–water partition coefficient (Wildman–Crippen LogP) is 2.56. The van der Waals surface area contributed by atoms with Gasteiger partial charge in [0, 0.05) is 30.1 Å². The summed E-state index contributed by atoms with van der Waals surface area (Å²) in [5, 5.41) is 19.9. The van der Waals surface area contributed by atoms with E-state index in [1.807, 2.05) is 0 Å². The molecule has 1 amide bonds. The zero-order valence-corrected chi connectivity index (χ0v) is 17.7. The molecule has 30 heavy (non-hydrogen) atoms. The van der Waals surface area contributed by atoms with Crippen molar-refractivity contribution in [3.63, 3.8) is 0 Å². The zero-order chi connectivity index (χ0) is 21.4. The summed E-state index contributed by atoms with van der Waals surface area (Å²) in [6, 6.07) is 6.06. The number of nitro benzene ring substituents is 1. The summed E-state index contributed by atoms with van der Waals surface area (Å²) in [6.07, 6.45) is 1.29. The van der Waals surface area contributed by atoms with Crippen LogP contribution < -0.4 is 10.9 Å². The van der Waals surface area contributed by atoms with Crippen molar-refractivity contribution in [3.05, 3.63) is 61.0 Å². The molecule has 0 saturated carbocycles. The molecule has 4 rings (SSSR count). The smallest absolute Gasteiger partial charge is 0.270 e. The van der Waals surface area contributed by atoms with Crippen molar-refractivity contribution < 1.29 is 9.72 Å². The molecule has 4 aromatic rings. The molecule has 0 atom stereocenters. The van der Waals surface area contributed by atoms with Crippen molar-refractivity contribution in [2.45, 2.75) is 6.54 Å². The number of fused-ring (bicyclic) bond motifs is 1. The standard InChI is InChI=1S/C17H12BrN7O4S/c1-23-15-13(14(18)22-23)16(27)24(8-19-15)6-12(26)21-17-20-11(7-30-17)9-3-2-4-10(5-9)25(28)29/h2-5,7-8H,6H2,1H3,(H,20,21,26). The summed E-state index contributed by atoms with van der Waals surface area (Å²) in [5.41, 5.74) is 1.03. The van der Waals surface area contributed by atoms with Crippen LogP contribution in [-0.4, -0.2) is 35.1 Å². The number of non-ortho nitro benzene ring substituents is 1. The Bertz CT molecular complexity index is 1360. The van der Waals surface area contributed by atoms with E-state index in [0.717, 1.165) is 0 Å². The van der Waals surface area contributed by atoms with E-state index in [1.54, 1.807) is 24.6 Å². The van der Waals surface area contributed by atoms with Gasteiger partial charge in [-0.25, -0.2) is 14.6 Å². The van der Waals surface area contributed by atoms with E-state index in [-0.39, 0.29) is 17.6 Å². The fraction of sp³-hybridized carbons (Fsp3) is 0.118. The van der Waals surface area contributed by atoms with Gasteiger partial charge in [-0.05, 0) is 15.9 Å². The third-order valence-corrected chi connectivity index (χ3v) is 5.50. The third-order valence-electron chi connectivity index (χ3n) is 4.19. The maximum atomic E-state index is 12.6. The Morgan fingerprint density at radius 3 is 2.97 bits per heavy atom. The first-order valence-electron chi connectivity index (χ1n) is 8.41. The van der Waals surface area contributed by atoms with Crippen LogP contribution >= 0.6 is 27.3 Å². The number of benzene rings is 1. The number of aromatic nitrogens is 5. The minimum atomic E-state index is -0.484. The van der Waals surface area contributed by atoms with Gasteiger partial charge in [0.25, 0.3) is 11.2 Å². The van der Waals surface area contributed by atoms with Crippen LogP contribution in [0.2, 0.25) is 0 Å². The van der Waals surface area contributed by atoms with Crippen molar-refractivity contribution >= 4 is 55.0 Å². The number of nitrogens with zero attached hydrogens (tertiary/aromatic N) is 6. The van der Waals surface area contributed by atoms with Crippen molar-refractivity contribution in [1.29, 1.82) is 0 Å². The molecule has 0 aliphatic heterocycles. The molecule has 1 N–H and O–H groups in total. The second-order valence-corrected chi connectivity index (χ2v) is 7.79. The second-order valence-electron chi connectivity index (χ2n) is 6.18. The summed E-state index contributed by atoms with van der Waals surface area (Å²) in [5.74, 6) is -0.460. The first kappa shape index (κ1) is 19.8. The van der Waals surface area contributed by atoms with E-state index < -0.39 is 16.4 Å². The van der Waals surface area contributed by atoms with Gasteiger partial charge in [0.05, 0.1) is 10.6 Å². The Morgan fingerprint density at radius 2 is 2.20 bits per heavy atom. The van der Waals surface area contributed by atoms with Crippen LogP contribution in [0, 0.1) is 10.1 Å². The van der Waals surface area contributed by atoms with E-state index in [2.05, 4.69) is 36.3 Å². The largest absolute Gasteiger partial charge is 0.300 e. The minimum absolute atomic E-state index is 0.0464. The number of amides is 1. The van der Waals surface area contributed by atoms with Gasteiger partial charge in [0.15, 0.2) is 10.8 Å². The highest BCUT2D eigenvalue weighted by atomic mass is 79.9. The topological polar surface area (TPSA) is 138 Å². The molecule has 0 aliphatic carbocycles. The minimum Gasteiger partial charge on any atom is -0.300 e. The van der Waals surface area contributed by atoms with E-state index in [1.165, 1.54) is 39.0 Å². The normalized spacial score (nSPS) is 11.0. The van der Waals surface area contributed by atoms with Gasteiger partial charge >= 0.3 is 0 Å². The fourth-order valence-corrected chi connectivity index (χ4v) is 4.12. The molecule has 1 aromatic carbocycles. The number of hydrogen-bond donors (Lipinski definition) is 1. The molecule has 0 radical (unpaired) electrons. The third kappa shape index (κ3) is 3.71. The summed E-state index contributed by atoms with van der Waals surface area (Å²) >= 11 is 4.40. The maximum absolute atomic E-state index is 12.6. The number of rotatable bonds is 5. The van der Waals surface area contributed by atoms with Gasteiger partial charge in [-0.3, -0.25) is 24.3 Å². The Kier molecular flexibility index (Phi) is 5.13. The highest BCUT2D eigenvalue weighted by molar-refractivity contribution is 9.10. The van der Waals surface area contributed by atoms with Crippen LogP contribution in [0.5, 0.6) is 0 Å². The lowest BCUT2D eigenvalue weighted by atomic mass is 10.1. The lowest BCUT2D eigenvalue weighted by Gasteiger charge is -2.05. The quantitative estimate of drug-likeness (QED) is 0.335. The summed E-state index contributed by atoms with van der Waals surface area (Å²) in [7, 11) is 1.66. The summed E-state index contributed by atoms with van der Waals surface area (Å²) in [4.78, 5) is 43.9. The molecule has 3 heterocycles. The van der Waals surface area contributed by atoms with Gasteiger partial charge in [-0.2, -0.15) is 5.10 Å². The Balaban J connectivity index is 1.52. The van der Waals surface area contributed by atoms with E-state index >= 15 is 0 Å². The summed E-state index contributed by atoms with van der Waals surface area (Å²) in [6.45, 7) is -0.255. The Morgan fingerprint density at radius 1 is 1.40 bits per heavy atom. The van der Waals surface area contributed by atoms with Gasteiger partial charge < -0.3 is 5.32 Å². The van der Waals surface area contributed by atoms with Crippen molar-refractivity contribution in [2.75, 3.05) is 5.32 Å². The second kappa shape index (κ2) is 7.76. The van der Waals surface area contributed by atoms with Gasteiger partial charge in [-0.1, -0.05) is 12.1 Å². The van der Waals surface area contributed by atoms with Gasteiger partial charge in [0.2, 0.25) is 5.91 Å². The number of thiazole rings is 1. The number of nitrogens with one attached hydrogen (secondary N) is 1. The number of carbonyl (C=O) groups excluding carboxylic acids is 1. The molecule has 0 unspecified atom stereocenters. The van der Waals surface area contributed by atoms with Crippen molar-refractivity contribution in [3.8, 4) is 11.3 Å². The lowest BCUT2D eigenvalue weighted by Crippen LogP contribution is -2.28. The van der Waals surface area contributed by atoms with Gasteiger partial charge in [0.1, 0.15) is 22.9 Å². The Labute approximate surface area is 180 Å². The van der Waals surface area contributed by atoms with Crippen LogP contribution in [0.1, 0.15) is 0 Å². The average molecular weight is 490 g/mol. The Hall–Kier alpha value is -3.45. The predicted molar refractivity (Wildman–Crippen MR) is 113 cm³/mol. The van der Waals surface area contributed by atoms with Gasteiger partial charge in [-0.15, -0.1) is 11.3 Å². The van der Waals surface area contributed by atoms with Crippen LogP contribution in [0.25, 0.3) is 22.3 Å². The van der Waals surface area contributed by atoms with Crippen LogP contribution in [0.3, 0.4) is 0 Å². The molecule has 0 saturated heterocycles. The monoisotopic (exact) mass is 489 g/mol. The van der Waals surface area contributed by atoms with Crippen LogP contribution in [0.4, 0.5) is 10.8 Å². The van der Waals surface area contributed by atoms with Crippen LogP contribution in [0.15, 0.2) is 45.4 Å². The lowest BCUT2D eigenvalue weighted by molar-refractivity contribution is -0.384. The van der Waals surface area contributed by atoms with E-state index in [9.17, 15) is 19.7 Å². The first-order valence-corrected chi connectivity index (χ1v) is 10.1. The molecule has 3 aromatic heterocycles. The molecule has 11 nitrogen and oxygen atoms in total. The maximum Gasteiger partial charge on any atom is 0.270 e. The fourth-order valence-electron chi connectivity index (χ4n) is 2.80. The van der Waals surface area contributed by atoms with E-state index in [4.69, 9.17) is 0 Å².